The van der Waals surface area contributed by atoms with Crippen LogP contribution in [0.5, 0.6) is 0 Å². The first kappa shape index (κ1) is 18.6. The minimum absolute atomic E-state index is 0.146. The lowest BCUT2D eigenvalue weighted by molar-refractivity contribution is 0.246. The molecule has 1 saturated heterocycles. The predicted octanol–water partition coefficient (Wildman–Crippen LogP) is 3.75. The van der Waals surface area contributed by atoms with E-state index in [-0.39, 0.29) is 5.41 Å². The molecule has 0 amide bonds. The van der Waals surface area contributed by atoms with E-state index in [9.17, 15) is 0 Å². The average molecular weight is 377 g/mol. The van der Waals surface area contributed by atoms with Crippen molar-refractivity contribution in [2.24, 2.45) is 0 Å². The molecule has 1 aliphatic heterocycles. The van der Waals surface area contributed by atoms with Gasteiger partial charge in [-0.1, -0.05) is 32.9 Å². The number of nitrogens with zero attached hydrogens (tertiary/aromatic N) is 5. The maximum atomic E-state index is 5.74. The van der Waals surface area contributed by atoms with Crippen LogP contribution in [0.2, 0.25) is 0 Å². The largest absolute Gasteiger partial charge is 0.444 e. The van der Waals surface area contributed by atoms with Gasteiger partial charge in [-0.2, -0.15) is 0 Å². The van der Waals surface area contributed by atoms with Crippen molar-refractivity contribution in [3.05, 3.63) is 60.2 Å². The normalized spacial score (nSPS) is 15.8. The van der Waals surface area contributed by atoms with Gasteiger partial charge < -0.3 is 9.32 Å². The first-order valence-corrected chi connectivity index (χ1v) is 9.79. The molecule has 3 aromatic rings. The Morgan fingerprint density at radius 2 is 1.64 bits per heavy atom. The summed E-state index contributed by atoms with van der Waals surface area (Å²) in [7, 11) is 0. The van der Waals surface area contributed by atoms with Crippen molar-refractivity contribution in [2.75, 3.05) is 31.1 Å². The van der Waals surface area contributed by atoms with E-state index in [1.807, 2.05) is 6.07 Å². The molecular weight excluding hydrogens is 350 g/mol. The molecule has 0 radical (unpaired) electrons. The van der Waals surface area contributed by atoms with Crippen LogP contribution in [0.4, 0.5) is 5.95 Å². The number of rotatable bonds is 4. The van der Waals surface area contributed by atoms with Crippen LogP contribution in [0.15, 0.2) is 53.4 Å². The summed E-state index contributed by atoms with van der Waals surface area (Å²) in [6.45, 7) is 11.2. The van der Waals surface area contributed by atoms with Crippen LogP contribution in [0.3, 0.4) is 0 Å². The van der Waals surface area contributed by atoms with Gasteiger partial charge in [0.15, 0.2) is 0 Å². The predicted molar refractivity (Wildman–Crippen MR) is 110 cm³/mol. The number of benzene rings is 1. The van der Waals surface area contributed by atoms with Crippen LogP contribution in [0.25, 0.3) is 11.5 Å². The topological polar surface area (TPSA) is 58.3 Å². The SMILES string of the molecule is CC(C)(C)c1ccc(-c2nc(CN3CCN(c4ncccn4)CC3)co2)cc1. The molecule has 146 valence electrons. The number of hydrogen-bond donors (Lipinski definition) is 0. The monoisotopic (exact) mass is 377 g/mol. The van der Waals surface area contributed by atoms with E-state index in [0.29, 0.717) is 5.89 Å². The number of anilines is 1. The van der Waals surface area contributed by atoms with Crippen molar-refractivity contribution in [3.8, 4) is 11.5 Å². The van der Waals surface area contributed by atoms with E-state index in [0.717, 1.165) is 49.9 Å². The molecule has 0 saturated carbocycles. The van der Waals surface area contributed by atoms with E-state index in [2.05, 4.69) is 64.8 Å². The van der Waals surface area contributed by atoms with Gasteiger partial charge in [0.05, 0.1) is 5.69 Å². The molecule has 4 rings (SSSR count). The van der Waals surface area contributed by atoms with Crippen molar-refractivity contribution >= 4 is 5.95 Å². The minimum Gasteiger partial charge on any atom is -0.444 e. The van der Waals surface area contributed by atoms with Crippen molar-refractivity contribution in [1.29, 1.82) is 0 Å². The molecule has 0 unspecified atom stereocenters. The summed E-state index contributed by atoms with van der Waals surface area (Å²) in [6, 6.07) is 10.3. The Morgan fingerprint density at radius 1 is 0.964 bits per heavy atom. The summed E-state index contributed by atoms with van der Waals surface area (Å²) in [6.07, 6.45) is 5.36. The second-order valence-electron chi connectivity index (χ2n) is 8.28. The molecule has 2 aromatic heterocycles. The smallest absolute Gasteiger partial charge is 0.226 e. The quantitative estimate of drug-likeness (QED) is 0.690. The average Bonchev–Trinajstić information content (AvgIpc) is 3.17. The van der Waals surface area contributed by atoms with Crippen molar-refractivity contribution in [3.63, 3.8) is 0 Å². The van der Waals surface area contributed by atoms with Crippen molar-refractivity contribution in [2.45, 2.75) is 32.7 Å². The van der Waals surface area contributed by atoms with Gasteiger partial charge in [-0.15, -0.1) is 0 Å². The highest BCUT2D eigenvalue weighted by Gasteiger charge is 2.20. The molecule has 1 aliphatic rings. The van der Waals surface area contributed by atoms with Crippen molar-refractivity contribution < 1.29 is 4.42 Å². The zero-order valence-corrected chi connectivity index (χ0v) is 16.8. The van der Waals surface area contributed by atoms with Gasteiger partial charge >= 0.3 is 0 Å². The Bertz CT molecular complexity index is 891. The first-order chi connectivity index (χ1) is 13.5. The van der Waals surface area contributed by atoms with Gasteiger partial charge in [-0.3, -0.25) is 4.90 Å². The first-order valence-electron chi connectivity index (χ1n) is 9.79. The highest BCUT2D eigenvalue weighted by atomic mass is 16.3. The molecule has 1 aromatic carbocycles. The minimum atomic E-state index is 0.146. The molecule has 0 spiro atoms. The summed E-state index contributed by atoms with van der Waals surface area (Å²) in [4.78, 5) is 18.0. The number of oxazole rings is 1. The van der Waals surface area contributed by atoms with Gasteiger partial charge in [-0.25, -0.2) is 15.0 Å². The molecule has 6 nitrogen and oxygen atoms in total. The lowest BCUT2D eigenvalue weighted by Crippen LogP contribution is -2.46. The molecule has 1 fully saturated rings. The van der Waals surface area contributed by atoms with Crippen LogP contribution in [0, 0.1) is 0 Å². The van der Waals surface area contributed by atoms with Crippen LogP contribution < -0.4 is 4.90 Å². The van der Waals surface area contributed by atoms with Crippen LogP contribution in [0.1, 0.15) is 32.0 Å². The van der Waals surface area contributed by atoms with Gasteiger partial charge in [0, 0.05) is 50.7 Å². The molecule has 28 heavy (non-hydrogen) atoms. The summed E-state index contributed by atoms with van der Waals surface area (Å²) < 4.78 is 5.74. The van der Waals surface area contributed by atoms with E-state index in [4.69, 9.17) is 9.40 Å². The highest BCUT2D eigenvalue weighted by molar-refractivity contribution is 5.54. The summed E-state index contributed by atoms with van der Waals surface area (Å²) in [5.74, 6) is 1.50. The Hall–Kier alpha value is -2.73. The second kappa shape index (κ2) is 7.72. The molecule has 3 heterocycles. The fraction of sp³-hybridized carbons (Fsp3) is 0.409. The maximum absolute atomic E-state index is 5.74. The lowest BCUT2D eigenvalue weighted by atomic mass is 9.87. The summed E-state index contributed by atoms with van der Waals surface area (Å²) in [5.41, 5.74) is 3.45. The Labute approximate surface area is 166 Å². The lowest BCUT2D eigenvalue weighted by Gasteiger charge is -2.34. The van der Waals surface area contributed by atoms with Gasteiger partial charge in [0.25, 0.3) is 0 Å². The van der Waals surface area contributed by atoms with E-state index in [1.165, 1.54) is 5.56 Å². The molecule has 6 heteroatoms. The Morgan fingerprint density at radius 3 is 2.29 bits per heavy atom. The molecule has 0 aliphatic carbocycles. The zero-order valence-electron chi connectivity index (χ0n) is 16.8. The number of aromatic nitrogens is 3. The standard InChI is InChI=1S/C22H27N5O/c1-22(2,3)18-7-5-17(6-8-18)20-25-19(16-28-20)15-26-11-13-27(14-12-26)21-23-9-4-10-24-21/h4-10,16H,11-15H2,1-3H3. The van der Waals surface area contributed by atoms with Gasteiger partial charge in [0.1, 0.15) is 6.26 Å². The Kier molecular flexibility index (Phi) is 5.13. The molecule has 0 N–H and O–H groups in total. The van der Waals surface area contributed by atoms with Gasteiger partial charge in [0.2, 0.25) is 11.8 Å². The summed E-state index contributed by atoms with van der Waals surface area (Å²) in [5, 5.41) is 0. The highest BCUT2D eigenvalue weighted by Crippen LogP contribution is 2.26. The third kappa shape index (κ3) is 4.22. The fourth-order valence-corrected chi connectivity index (χ4v) is 3.41. The second-order valence-corrected chi connectivity index (χ2v) is 8.28. The number of piperazine rings is 1. The molecular formula is C22H27N5O. The van der Waals surface area contributed by atoms with Crippen LogP contribution in [-0.2, 0) is 12.0 Å². The van der Waals surface area contributed by atoms with E-state index in [1.54, 1.807) is 18.7 Å². The van der Waals surface area contributed by atoms with Crippen LogP contribution >= 0.6 is 0 Å². The van der Waals surface area contributed by atoms with E-state index < -0.39 is 0 Å². The zero-order chi connectivity index (χ0) is 19.6. The third-order valence-corrected chi connectivity index (χ3v) is 5.14. The molecule has 0 bridgehead atoms. The number of hydrogen-bond acceptors (Lipinski definition) is 6. The maximum Gasteiger partial charge on any atom is 0.226 e. The van der Waals surface area contributed by atoms with Crippen LogP contribution in [-0.4, -0.2) is 46.0 Å². The fourth-order valence-electron chi connectivity index (χ4n) is 3.41. The van der Waals surface area contributed by atoms with Gasteiger partial charge in [-0.05, 0) is 29.2 Å². The molecule has 0 atom stereocenters. The summed E-state index contributed by atoms with van der Waals surface area (Å²) >= 11 is 0. The third-order valence-electron chi connectivity index (χ3n) is 5.14. The van der Waals surface area contributed by atoms with Crippen molar-refractivity contribution in [1.82, 2.24) is 19.9 Å². The Balaban J connectivity index is 1.35. The van der Waals surface area contributed by atoms with E-state index >= 15 is 0 Å².